The number of aromatic nitrogens is 2. The summed E-state index contributed by atoms with van der Waals surface area (Å²) in [5.41, 5.74) is 6.35. The van der Waals surface area contributed by atoms with Crippen molar-refractivity contribution in [2.75, 3.05) is 6.54 Å². The molecule has 1 amide bonds. The quantitative estimate of drug-likeness (QED) is 0.804. The second kappa shape index (κ2) is 5.50. The maximum absolute atomic E-state index is 11.7. The predicted octanol–water partition coefficient (Wildman–Crippen LogP) is 0.444. The summed E-state index contributed by atoms with van der Waals surface area (Å²) in [5.74, 6) is 0.659. The molecule has 0 aromatic carbocycles. The number of carbonyl (C=O) groups is 1. The average molecular weight is 248 g/mol. The van der Waals surface area contributed by atoms with Crippen molar-refractivity contribution in [3.63, 3.8) is 0 Å². The van der Waals surface area contributed by atoms with E-state index in [2.05, 4.69) is 10.4 Å². The number of nitrogens with two attached hydrogens (primary N) is 1. The summed E-state index contributed by atoms with van der Waals surface area (Å²) in [4.78, 5) is 11.7. The lowest BCUT2D eigenvalue weighted by molar-refractivity contribution is 0.0924. The van der Waals surface area contributed by atoms with Crippen molar-refractivity contribution in [2.45, 2.75) is 13.0 Å². The number of rotatable bonds is 5. The highest BCUT2D eigenvalue weighted by Crippen LogP contribution is 2.06. The van der Waals surface area contributed by atoms with E-state index >= 15 is 0 Å². The van der Waals surface area contributed by atoms with Crippen LogP contribution in [0.3, 0.4) is 0 Å². The van der Waals surface area contributed by atoms with Crippen LogP contribution in [0, 0.1) is 0 Å². The van der Waals surface area contributed by atoms with E-state index < -0.39 is 0 Å². The summed E-state index contributed by atoms with van der Waals surface area (Å²) < 4.78 is 6.98. The molecule has 18 heavy (non-hydrogen) atoms. The first-order chi connectivity index (χ1) is 8.69. The topological polar surface area (TPSA) is 86.1 Å². The van der Waals surface area contributed by atoms with Crippen LogP contribution in [0.2, 0.25) is 0 Å². The summed E-state index contributed by atoms with van der Waals surface area (Å²) in [7, 11) is 1.86. The van der Waals surface area contributed by atoms with Crippen molar-refractivity contribution >= 4 is 5.91 Å². The van der Waals surface area contributed by atoms with E-state index in [4.69, 9.17) is 10.2 Å². The smallest absolute Gasteiger partial charge is 0.287 e. The van der Waals surface area contributed by atoms with E-state index in [1.165, 1.54) is 0 Å². The summed E-state index contributed by atoms with van der Waals surface area (Å²) >= 11 is 0. The first kappa shape index (κ1) is 12.4. The Morgan fingerprint density at radius 1 is 1.50 bits per heavy atom. The number of hydrogen-bond donors (Lipinski definition) is 2. The molecule has 0 saturated carbocycles. The number of amides is 1. The third-order valence-corrected chi connectivity index (χ3v) is 2.52. The second-order valence-corrected chi connectivity index (χ2v) is 3.96. The Morgan fingerprint density at radius 3 is 2.94 bits per heavy atom. The SMILES string of the molecule is Cn1ccc(CCNC(=O)c2ccc(CN)o2)n1. The van der Waals surface area contributed by atoms with Gasteiger partial charge in [0.1, 0.15) is 5.76 Å². The molecule has 0 aliphatic carbocycles. The molecule has 0 saturated heterocycles. The fraction of sp³-hybridized carbons (Fsp3) is 0.333. The fourth-order valence-electron chi connectivity index (χ4n) is 1.60. The van der Waals surface area contributed by atoms with Crippen LogP contribution in [0.5, 0.6) is 0 Å². The van der Waals surface area contributed by atoms with Gasteiger partial charge in [0.05, 0.1) is 12.2 Å². The third-order valence-electron chi connectivity index (χ3n) is 2.52. The molecule has 6 heteroatoms. The number of hydrogen-bond acceptors (Lipinski definition) is 4. The van der Waals surface area contributed by atoms with Crippen molar-refractivity contribution in [3.8, 4) is 0 Å². The van der Waals surface area contributed by atoms with Crippen molar-refractivity contribution in [1.29, 1.82) is 0 Å². The van der Waals surface area contributed by atoms with Gasteiger partial charge in [0, 0.05) is 26.2 Å². The fourth-order valence-corrected chi connectivity index (χ4v) is 1.60. The van der Waals surface area contributed by atoms with Gasteiger partial charge in [0.15, 0.2) is 5.76 Å². The molecule has 0 fully saturated rings. The van der Waals surface area contributed by atoms with Gasteiger partial charge < -0.3 is 15.5 Å². The van der Waals surface area contributed by atoms with Crippen LogP contribution < -0.4 is 11.1 Å². The molecule has 0 atom stereocenters. The van der Waals surface area contributed by atoms with Crippen molar-refractivity contribution in [3.05, 3.63) is 41.6 Å². The Morgan fingerprint density at radius 2 is 2.33 bits per heavy atom. The lowest BCUT2D eigenvalue weighted by atomic mass is 10.3. The highest BCUT2D eigenvalue weighted by molar-refractivity contribution is 5.91. The molecule has 96 valence electrons. The van der Waals surface area contributed by atoms with E-state index in [-0.39, 0.29) is 11.7 Å². The lowest BCUT2D eigenvalue weighted by Gasteiger charge is -2.01. The Kier molecular flexibility index (Phi) is 3.78. The first-order valence-corrected chi connectivity index (χ1v) is 5.74. The number of aryl methyl sites for hydroxylation is 1. The zero-order valence-corrected chi connectivity index (χ0v) is 10.2. The monoisotopic (exact) mass is 248 g/mol. The minimum absolute atomic E-state index is 0.231. The van der Waals surface area contributed by atoms with Crippen LogP contribution in [-0.4, -0.2) is 22.2 Å². The molecule has 2 heterocycles. The molecule has 6 nitrogen and oxygen atoms in total. The Labute approximate surface area is 105 Å². The normalized spacial score (nSPS) is 10.6. The maximum Gasteiger partial charge on any atom is 0.287 e. The maximum atomic E-state index is 11.7. The summed E-state index contributed by atoms with van der Waals surface area (Å²) in [6, 6.07) is 5.25. The van der Waals surface area contributed by atoms with Crippen LogP contribution in [0.1, 0.15) is 22.0 Å². The molecular formula is C12H16N4O2. The van der Waals surface area contributed by atoms with Crippen LogP contribution in [-0.2, 0) is 20.0 Å². The van der Waals surface area contributed by atoms with Gasteiger partial charge in [-0.3, -0.25) is 9.48 Å². The van der Waals surface area contributed by atoms with Gasteiger partial charge in [-0.05, 0) is 18.2 Å². The van der Waals surface area contributed by atoms with Gasteiger partial charge >= 0.3 is 0 Å². The molecule has 3 N–H and O–H groups in total. The molecule has 0 aliphatic rings. The van der Waals surface area contributed by atoms with Gasteiger partial charge in [-0.2, -0.15) is 5.10 Å². The summed E-state index contributed by atoms with van der Waals surface area (Å²) in [6.45, 7) is 0.815. The molecule has 0 radical (unpaired) electrons. The molecular weight excluding hydrogens is 232 g/mol. The summed E-state index contributed by atoms with van der Waals surface area (Å²) in [6.07, 6.45) is 2.56. The van der Waals surface area contributed by atoms with Gasteiger partial charge in [-0.1, -0.05) is 0 Å². The molecule has 0 aliphatic heterocycles. The number of carbonyl (C=O) groups excluding carboxylic acids is 1. The first-order valence-electron chi connectivity index (χ1n) is 5.74. The highest BCUT2D eigenvalue weighted by Gasteiger charge is 2.10. The summed E-state index contributed by atoms with van der Waals surface area (Å²) in [5, 5.41) is 6.99. The Hall–Kier alpha value is -2.08. The molecule has 0 bridgehead atoms. The van der Waals surface area contributed by atoms with Gasteiger partial charge in [-0.15, -0.1) is 0 Å². The minimum atomic E-state index is -0.231. The van der Waals surface area contributed by atoms with Gasteiger partial charge in [0.25, 0.3) is 5.91 Å². The van der Waals surface area contributed by atoms with E-state index in [1.54, 1.807) is 16.8 Å². The molecule has 0 unspecified atom stereocenters. The largest absolute Gasteiger partial charge is 0.455 e. The number of furan rings is 1. The predicted molar refractivity (Wildman–Crippen MR) is 65.8 cm³/mol. The van der Waals surface area contributed by atoms with Gasteiger partial charge in [-0.25, -0.2) is 0 Å². The van der Waals surface area contributed by atoms with Crippen molar-refractivity contribution < 1.29 is 9.21 Å². The zero-order chi connectivity index (χ0) is 13.0. The van der Waals surface area contributed by atoms with Crippen molar-refractivity contribution in [2.24, 2.45) is 12.8 Å². The van der Waals surface area contributed by atoms with Crippen LogP contribution in [0.4, 0.5) is 0 Å². The average Bonchev–Trinajstić information content (AvgIpc) is 2.98. The molecule has 2 aromatic heterocycles. The Bertz CT molecular complexity index is 530. The third kappa shape index (κ3) is 2.98. The van der Waals surface area contributed by atoms with E-state index in [0.29, 0.717) is 25.3 Å². The van der Waals surface area contributed by atoms with Gasteiger partial charge in [0.2, 0.25) is 0 Å². The van der Waals surface area contributed by atoms with E-state index in [1.807, 2.05) is 19.3 Å². The van der Waals surface area contributed by atoms with Crippen LogP contribution in [0.25, 0.3) is 0 Å². The van der Waals surface area contributed by atoms with Crippen molar-refractivity contribution in [1.82, 2.24) is 15.1 Å². The Balaban J connectivity index is 1.81. The highest BCUT2D eigenvalue weighted by atomic mass is 16.4. The standard InChI is InChI=1S/C12H16N4O2/c1-16-7-5-9(15-16)4-6-14-12(17)11-3-2-10(8-13)18-11/h2-3,5,7H,4,6,8,13H2,1H3,(H,14,17). The minimum Gasteiger partial charge on any atom is -0.455 e. The molecule has 2 rings (SSSR count). The van der Waals surface area contributed by atoms with E-state index in [9.17, 15) is 4.79 Å². The number of nitrogens with zero attached hydrogens (tertiary/aromatic N) is 2. The second-order valence-electron chi connectivity index (χ2n) is 3.96. The lowest BCUT2D eigenvalue weighted by Crippen LogP contribution is -2.25. The van der Waals surface area contributed by atoms with Crippen LogP contribution >= 0.6 is 0 Å². The van der Waals surface area contributed by atoms with E-state index in [0.717, 1.165) is 5.69 Å². The molecule has 0 spiro atoms. The number of nitrogens with one attached hydrogen (secondary N) is 1. The molecule has 2 aromatic rings. The zero-order valence-electron chi connectivity index (χ0n) is 10.2. The van der Waals surface area contributed by atoms with Crippen LogP contribution in [0.15, 0.2) is 28.8 Å².